The van der Waals surface area contributed by atoms with E-state index in [1.807, 2.05) is 11.3 Å². The highest BCUT2D eigenvalue weighted by Crippen LogP contribution is 2.54. The van der Waals surface area contributed by atoms with Crippen LogP contribution < -0.4 is 0 Å². The van der Waals surface area contributed by atoms with Gasteiger partial charge in [0.15, 0.2) is 0 Å². The van der Waals surface area contributed by atoms with Crippen LogP contribution in [0.15, 0.2) is 224 Å². The first-order chi connectivity index (χ1) is 32.1. The number of benzene rings is 7. The smallest absolute Gasteiger partial charge is 0.0390 e. The van der Waals surface area contributed by atoms with Crippen LogP contribution >= 0.6 is 11.3 Å². The Morgan fingerprint density at radius 1 is 0.394 bits per heavy atom. The van der Waals surface area contributed by atoms with Gasteiger partial charge in [0.2, 0.25) is 0 Å². The molecule has 0 bridgehead atoms. The van der Waals surface area contributed by atoms with Crippen LogP contribution in [0.3, 0.4) is 0 Å². The number of hydrogen-bond acceptors (Lipinski definition) is 1. The van der Waals surface area contributed by atoms with Gasteiger partial charge < -0.3 is 0 Å². The zero-order valence-electron chi connectivity index (χ0n) is 38.3. The third kappa shape index (κ3) is 6.81. The standard InChI is InChI=1S/C65H52S/c1-7-57-62(49-37-38-55-54-28-18-19-30-61(54)66-63(55)42(49)2)56-36-33-48(41-60(56)64(57,3)4)47-32-35-53-52-34-31-46(39-58(52)65(5,6)59(53)40-47)43-21-12-8-10-14-23-44(24-15-11-9-13-22-43)51-29-20-26-45-25-16-17-27-50(45)51/h7-41H,1H2,2-6H3. The zero-order valence-corrected chi connectivity index (χ0v) is 39.1. The molecule has 11 rings (SSSR count). The molecular formula is C65H52S. The number of rotatable bonds is 5. The lowest BCUT2D eigenvalue weighted by Gasteiger charge is -2.24. The Balaban J connectivity index is 0.911. The van der Waals surface area contributed by atoms with Crippen molar-refractivity contribution in [2.24, 2.45) is 0 Å². The van der Waals surface area contributed by atoms with Crippen molar-refractivity contribution in [3.8, 4) is 44.5 Å². The molecular weight excluding hydrogens is 813 g/mol. The van der Waals surface area contributed by atoms with Crippen LogP contribution in [-0.4, -0.2) is 0 Å². The van der Waals surface area contributed by atoms with Gasteiger partial charge in [0.1, 0.15) is 0 Å². The molecule has 0 saturated carbocycles. The van der Waals surface area contributed by atoms with Crippen LogP contribution in [0, 0.1) is 6.92 Å². The fourth-order valence-electron chi connectivity index (χ4n) is 10.9. The molecule has 0 amide bonds. The number of fused-ring (bicyclic) bond motifs is 8. The molecule has 318 valence electrons. The van der Waals surface area contributed by atoms with Crippen LogP contribution in [-0.2, 0) is 10.8 Å². The number of aryl methyl sites for hydroxylation is 1. The maximum Gasteiger partial charge on any atom is 0.0390 e. The van der Waals surface area contributed by atoms with Crippen molar-refractivity contribution in [2.45, 2.75) is 45.4 Å². The van der Waals surface area contributed by atoms with Gasteiger partial charge in [-0.05, 0) is 131 Å². The zero-order chi connectivity index (χ0) is 45.2. The number of hydrogen-bond donors (Lipinski definition) is 0. The van der Waals surface area contributed by atoms with E-state index in [-0.39, 0.29) is 10.8 Å². The van der Waals surface area contributed by atoms with Crippen molar-refractivity contribution in [3.63, 3.8) is 0 Å². The molecule has 1 heteroatoms. The summed E-state index contributed by atoms with van der Waals surface area (Å²) >= 11 is 1.90. The van der Waals surface area contributed by atoms with Crippen LogP contribution in [0.25, 0.3) is 81.0 Å². The van der Waals surface area contributed by atoms with Crippen molar-refractivity contribution in [3.05, 3.63) is 258 Å². The summed E-state index contributed by atoms with van der Waals surface area (Å²) in [5.41, 5.74) is 20.2. The Labute approximate surface area is 393 Å². The number of thiophene rings is 1. The molecule has 0 aliphatic heterocycles. The van der Waals surface area contributed by atoms with Crippen LogP contribution in [0.1, 0.15) is 61.1 Å². The van der Waals surface area contributed by atoms with E-state index in [2.05, 4.69) is 254 Å². The molecule has 0 N–H and O–H groups in total. The van der Waals surface area contributed by atoms with Crippen LogP contribution in [0.5, 0.6) is 0 Å². The van der Waals surface area contributed by atoms with Crippen molar-refractivity contribution in [1.82, 2.24) is 0 Å². The molecule has 2 aliphatic carbocycles. The van der Waals surface area contributed by atoms with Crippen molar-refractivity contribution >= 4 is 47.9 Å². The molecule has 0 unspecified atom stereocenters. The molecule has 0 spiro atoms. The minimum absolute atomic E-state index is 0.177. The van der Waals surface area contributed by atoms with E-state index in [9.17, 15) is 0 Å². The van der Waals surface area contributed by atoms with Gasteiger partial charge in [0.05, 0.1) is 0 Å². The minimum Gasteiger partial charge on any atom is -0.135 e. The van der Waals surface area contributed by atoms with Gasteiger partial charge in [-0.15, -0.1) is 11.3 Å². The summed E-state index contributed by atoms with van der Waals surface area (Å²) in [5, 5.41) is 5.18. The maximum absolute atomic E-state index is 4.39. The SMILES string of the molecule is C=CC1=C(c2ccc3c(sc4ccccc43)c2C)c2ccc(-c3ccc4c(c3)C(C)(C)c3cc(-c5ccccccc(-c6cccc7ccccc67)cccccc5)ccc3-4)cc2C1(C)C. The summed E-state index contributed by atoms with van der Waals surface area (Å²) in [6, 6.07) is 75.7. The van der Waals surface area contributed by atoms with E-state index in [1.165, 1.54) is 120 Å². The normalized spacial score (nSPS) is 14.1. The second-order valence-corrected chi connectivity index (χ2v) is 19.9. The average molecular weight is 865 g/mol. The predicted octanol–water partition coefficient (Wildman–Crippen LogP) is 18.4. The molecule has 0 atom stereocenters. The Hall–Kier alpha value is -7.32. The van der Waals surface area contributed by atoms with Gasteiger partial charge in [0, 0.05) is 31.0 Å². The second kappa shape index (κ2) is 16.3. The first-order valence-electron chi connectivity index (χ1n) is 23.1. The van der Waals surface area contributed by atoms with E-state index in [0.29, 0.717) is 0 Å². The first-order valence-corrected chi connectivity index (χ1v) is 23.9. The summed E-state index contributed by atoms with van der Waals surface area (Å²) in [4.78, 5) is 0. The topological polar surface area (TPSA) is 0 Å². The van der Waals surface area contributed by atoms with E-state index in [1.54, 1.807) is 0 Å². The lowest BCUT2D eigenvalue weighted by atomic mass is 9.79. The van der Waals surface area contributed by atoms with E-state index in [0.717, 1.165) is 0 Å². The van der Waals surface area contributed by atoms with Crippen molar-refractivity contribution < 1.29 is 0 Å². The summed E-state index contributed by atoms with van der Waals surface area (Å²) in [6.45, 7) is 16.2. The molecule has 8 aromatic carbocycles. The minimum atomic E-state index is -0.196. The lowest BCUT2D eigenvalue weighted by molar-refractivity contribution is 0.654. The van der Waals surface area contributed by atoms with E-state index >= 15 is 0 Å². The van der Waals surface area contributed by atoms with Gasteiger partial charge in [0.25, 0.3) is 0 Å². The summed E-state index contributed by atoms with van der Waals surface area (Å²) < 4.78 is 2.71. The molecule has 1 aromatic heterocycles. The Kier molecular flexibility index (Phi) is 10.2. The molecule has 9 aromatic rings. The predicted molar refractivity (Wildman–Crippen MR) is 286 cm³/mol. The molecule has 2 aliphatic rings. The Bertz CT molecular complexity index is 3580. The quantitative estimate of drug-likeness (QED) is 0.162. The third-order valence-electron chi connectivity index (χ3n) is 14.4. The second-order valence-electron chi connectivity index (χ2n) is 18.9. The van der Waals surface area contributed by atoms with Crippen molar-refractivity contribution in [2.75, 3.05) is 0 Å². The largest absolute Gasteiger partial charge is 0.135 e. The Morgan fingerprint density at radius 2 is 0.894 bits per heavy atom. The highest BCUT2D eigenvalue weighted by Gasteiger charge is 2.39. The maximum atomic E-state index is 4.39. The molecule has 0 radical (unpaired) electrons. The first kappa shape index (κ1) is 41.4. The fraction of sp³-hybridized carbons (Fsp3) is 0.108. The molecule has 0 nitrogen and oxygen atoms in total. The van der Waals surface area contributed by atoms with E-state index in [4.69, 9.17) is 0 Å². The monoisotopic (exact) mass is 864 g/mol. The van der Waals surface area contributed by atoms with Crippen LogP contribution in [0.4, 0.5) is 0 Å². The fourth-order valence-corrected chi connectivity index (χ4v) is 12.1. The molecule has 66 heavy (non-hydrogen) atoms. The molecule has 1 heterocycles. The van der Waals surface area contributed by atoms with Gasteiger partial charge in [-0.1, -0.05) is 222 Å². The lowest BCUT2D eigenvalue weighted by Crippen LogP contribution is -2.16. The summed E-state index contributed by atoms with van der Waals surface area (Å²) in [5.74, 6) is 0. The van der Waals surface area contributed by atoms with E-state index < -0.39 is 0 Å². The summed E-state index contributed by atoms with van der Waals surface area (Å²) in [6.07, 6.45) is 2.10. The van der Waals surface area contributed by atoms with Gasteiger partial charge in [-0.25, -0.2) is 0 Å². The third-order valence-corrected chi connectivity index (χ3v) is 15.7. The number of allylic oxidation sites excluding steroid dienone is 2. The Morgan fingerprint density at radius 3 is 1.53 bits per heavy atom. The average Bonchev–Trinajstić information content (AvgIpc) is 3.91. The summed E-state index contributed by atoms with van der Waals surface area (Å²) in [7, 11) is 0. The van der Waals surface area contributed by atoms with Crippen molar-refractivity contribution in [1.29, 1.82) is 0 Å². The van der Waals surface area contributed by atoms with Gasteiger partial charge in [-0.3, -0.25) is 0 Å². The highest BCUT2D eigenvalue weighted by molar-refractivity contribution is 7.26. The van der Waals surface area contributed by atoms with Gasteiger partial charge in [-0.2, -0.15) is 0 Å². The molecule has 0 fully saturated rings. The highest BCUT2D eigenvalue weighted by atomic mass is 32.1. The molecule has 0 saturated heterocycles. The van der Waals surface area contributed by atoms with Gasteiger partial charge >= 0.3 is 0 Å². The van der Waals surface area contributed by atoms with Crippen LogP contribution in [0.2, 0.25) is 0 Å².